The maximum absolute atomic E-state index is 12.4. The molecule has 0 aliphatic carbocycles. The van der Waals surface area contributed by atoms with E-state index in [1.54, 1.807) is 0 Å². The van der Waals surface area contributed by atoms with Crippen LogP contribution >= 0.6 is 24.8 Å². The Labute approximate surface area is 140 Å². The first-order valence-corrected chi connectivity index (χ1v) is 7.56. The van der Waals surface area contributed by atoms with Gasteiger partial charge in [0.2, 0.25) is 5.91 Å². The Kier molecular flexibility index (Phi) is 9.81. The predicted octanol–water partition coefficient (Wildman–Crippen LogP) is 0.886. The van der Waals surface area contributed by atoms with Crippen LogP contribution in [0.3, 0.4) is 0 Å². The number of hydrogen-bond donors (Lipinski definition) is 2. The zero-order chi connectivity index (χ0) is 13.8. The first-order valence-electron chi connectivity index (χ1n) is 7.56. The summed E-state index contributed by atoms with van der Waals surface area (Å²) in [6, 6.07) is 0.425. The highest BCUT2D eigenvalue weighted by molar-refractivity contribution is 5.85. The minimum Gasteiger partial charge on any atom is -0.392 e. The van der Waals surface area contributed by atoms with E-state index in [2.05, 4.69) is 17.1 Å². The highest BCUT2D eigenvalue weighted by Crippen LogP contribution is 2.16. The lowest BCUT2D eigenvalue weighted by Crippen LogP contribution is -2.58. The topological polar surface area (TPSA) is 55.8 Å². The van der Waals surface area contributed by atoms with Crippen LogP contribution in [0.15, 0.2) is 0 Å². The van der Waals surface area contributed by atoms with Crippen molar-refractivity contribution in [3.8, 4) is 0 Å². The van der Waals surface area contributed by atoms with Gasteiger partial charge in [-0.15, -0.1) is 24.8 Å². The minimum atomic E-state index is -0.298. The van der Waals surface area contributed by atoms with Crippen LogP contribution in [-0.4, -0.2) is 71.7 Å². The van der Waals surface area contributed by atoms with Gasteiger partial charge in [0.1, 0.15) is 0 Å². The average Bonchev–Trinajstić information content (AvgIpc) is 2.91. The Bertz CT molecular complexity index is 313. The van der Waals surface area contributed by atoms with Crippen LogP contribution in [-0.2, 0) is 4.79 Å². The van der Waals surface area contributed by atoms with Crippen LogP contribution in [0.2, 0.25) is 0 Å². The fourth-order valence-electron chi connectivity index (χ4n) is 3.18. The number of hydrogen-bond acceptors (Lipinski definition) is 4. The molecule has 0 bridgehead atoms. The smallest absolute Gasteiger partial charge is 0.239 e. The van der Waals surface area contributed by atoms with E-state index in [1.165, 1.54) is 0 Å². The number of carbonyl (C=O) groups excluding carboxylic acids is 1. The second kappa shape index (κ2) is 9.85. The largest absolute Gasteiger partial charge is 0.392 e. The molecule has 0 aromatic carbocycles. The number of nitrogens with zero attached hydrogens (tertiary/aromatic N) is 2. The molecule has 0 aromatic rings. The molecule has 3 atom stereocenters. The molecule has 1 amide bonds. The molecule has 2 saturated heterocycles. The monoisotopic (exact) mass is 341 g/mol. The molecule has 0 aromatic heterocycles. The van der Waals surface area contributed by atoms with Crippen molar-refractivity contribution in [2.45, 2.75) is 51.3 Å². The number of piperazine rings is 1. The van der Waals surface area contributed by atoms with Crippen LogP contribution < -0.4 is 5.32 Å². The first kappa shape index (κ1) is 20.9. The van der Waals surface area contributed by atoms with E-state index in [1.807, 2.05) is 11.8 Å². The summed E-state index contributed by atoms with van der Waals surface area (Å²) in [5, 5.41) is 12.8. The van der Waals surface area contributed by atoms with E-state index in [0.717, 1.165) is 45.4 Å². The number of rotatable bonds is 4. The summed E-state index contributed by atoms with van der Waals surface area (Å²) >= 11 is 0. The predicted molar refractivity (Wildman–Crippen MR) is 89.4 cm³/mol. The number of amides is 1. The van der Waals surface area contributed by atoms with Gasteiger partial charge in [0.25, 0.3) is 0 Å². The highest BCUT2D eigenvalue weighted by atomic mass is 35.5. The summed E-state index contributed by atoms with van der Waals surface area (Å²) in [5.41, 5.74) is 0. The molecule has 2 aliphatic rings. The van der Waals surface area contributed by atoms with Gasteiger partial charge in [0, 0.05) is 32.2 Å². The van der Waals surface area contributed by atoms with Crippen molar-refractivity contribution in [1.82, 2.24) is 15.1 Å². The Morgan fingerprint density at radius 1 is 1.38 bits per heavy atom. The molecule has 21 heavy (non-hydrogen) atoms. The molecule has 2 fully saturated rings. The standard InChI is InChI=1S/C14H27N3O2.2ClH/c1-3-12-10-17(8-7-16(12)9-11(2)18)14(19)13-5-4-6-15-13;;/h11-13,15,18H,3-10H2,1-2H3;2*1H/t11?,12?,13-;;/m0../s1. The van der Waals surface area contributed by atoms with Gasteiger partial charge < -0.3 is 15.3 Å². The zero-order valence-corrected chi connectivity index (χ0v) is 14.6. The third-order valence-corrected chi connectivity index (χ3v) is 4.24. The number of aliphatic hydroxyl groups excluding tert-OH is 1. The summed E-state index contributed by atoms with van der Waals surface area (Å²) in [6.45, 7) is 8.13. The molecule has 0 radical (unpaired) electrons. The lowest BCUT2D eigenvalue weighted by atomic mass is 10.1. The molecule has 0 spiro atoms. The Morgan fingerprint density at radius 3 is 2.62 bits per heavy atom. The van der Waals surface area contributed by atoms with Gasteiger partial charge in [-0.05, 0) is 32.7 Å². The summed E-state index contributed by atoms with van der Waals surface area (Å²) in [6.07, 6.45) is 2.81. The second-order valence-electron chi connectivity index (χ2n) is 5.84. The van der Waals surface area contributed by atoms with E-state index in [-0.39, 0.29) is 42.9 Å². The van der Waals surface area contributed by atoms with Crippen molar-refractivity contribution >= 4 is 30.7 Å². The molecular weight excluding hydrogens is 313 g/mol. The number of aliphatic hydroxyl groups is 1. The number of carbonyl (C=O) groups is 1. The van der Waals surface area contributed by atoms with Crippen molar-refractivity contribution in [2.24, 2.45) is 0 Å². The Morgan fingerprint density at radius 2 is 2.10 bits per heavy atom. The summed E-state index contributed by atoms with van der Waals surface area (Å²) in [4.78, 5) is 16.7. The molecule has 7 heteroatoms. The Hall–Kier alpha value is -0.0700. The van der Waals surface area contributed by atoms with Crippen LogP contribution in [0.25, 0.3) is 0 Å². The number of halogens is 2. The molecule has 2 heterocycles. The van der Waals surface area contributed by atoms with Gasteiger partial charge >= 0.3 is 0 Å². The van der Waals surface area contributed by atoms with E-state index in [4.69, 9.17) is 0 Å². The third-order valence-electron chi connectivity index (χ3n) is 4.24. The fourth-order valence-corrected chi connectivity index (χ4v) is 3.18. The van der Waals surface area contributed by atoms with Crippen molar-refractivity contribution in [3.05, 3.63) is 0 Å². The average molecular weight is 342 g/mol. The molecule has 2 aliphatic heterocycles. The first-order chi connectivity index (χ1) is 9.11. The summed E-state index contributed by atoms with van der Waals surface area (Å²) in [5.74, 6) is 0.271. The van der Waals surface area contributed by atoms with Gasteiger partial charge in [-0.1, -0.05) is 6.92 Å². The lowest BCUT2D eigenvalue weighted by molar-refractivity contribution is -0.136. The molecule has 2 rings (SSSR count). The SMILES string of the molecule is CCC1CN(C(=O)[C@@H]2CCCN2)CCN1CC(C)O.Cl.Cl. The van der Waals surface area contributed by atoms with E-state index >= 15 is 0 Å². The number of nitrogens with one attached hydrogen (secondary N) is 1. The van der Waals surface area contributed by atoms with Crippen molar-refractivity contribution < 1.29 is 9.90 Å². The van der Waals surface area contributed by atoms with Crippen LogP contribution in [0.1, 0.15) is 33.1 Å². The van der Waals surface area contributed by atoms with Crippen molar-refractivity contribution in [3.63, 3.8) is 0 Å². The van der Waals surface area contributed by atoms with Gasteiger partial charge in [0.05, 0.1) is 12.1 Å². The van der Waals surface area contributed by atoms with Crippen molar-refractivity contribution in [1.29, 1.82) is 0 Å². The van der Waals surface area contributed by atoms with Gasteiger partial charge in [-0.2, -0.15) is 0 Å². The summed E-state index contributed by atoms with van der Waals surface area (Å²) < 4.78 is 0. The molecule has 5 nitrogen and oxygen atoms in total. The van der Waals surface area contributed by atoms with Crippen LogP contribution in [0.5, 0.6) is 0 Å². The maximum Gasteiger partial charge on any atom is 0.239 e. The van der Waals surface area contributed by atoms with Crippen LogP contribution in [0, 0.1) is 0 Å². The highest BCUT2D eigenvalue weighted by Gasteiger charge is 2.33. The quantitative estimate of drug-likeness (QED) is 0.797. The number of β-amino-alcohol motifs (C(OH)–C–C–N with tert-alkyl or cyclic N) is 1. The van der Waals surface area contributed by atoms with Crippen molar-refractivity contribution in [2.75, 3.05) is 32.7 Å². The van der Waals surface area contributed by atoms with E-state index < -0.39 is 0 Å². The normalized spacial score (nSPS) is 27.7. The Balaban J connectivity index is 0.00000200. The van der Waals surface area contributed by atoms with E-state index in [0.29, 0.717) is 12.6 Å². The lowest BCUT2D eigenvalue weighted by Gasteiger charge is -2.42. The van der Waals surface area contributed by atoms with Gasteiger partial charge in [-0.3, -0.25) is 9.69 Å². The molecular formula is C14H29Cl2N3O2. The van der Waals surface area contributed by atoms with Crippen LogP contribution in [0.4, 0.5) is 0 Å². The third kappa shape index (κ3) is 5.57. The molecule has 126 valence electrons. The molecule has 2 N–H and O–H groups in total. The van der Waals surface area contributed by atoms with Gasteiger partial charge in [-0.25, -0.2) is 0 Å². The van der Waals surface area contributed by atoms with Gasteiger partial charge in [0.15, 0.2) is 0 Å². The van der Waals surface area contributed by atoms with E-state index in [9.17, 15) is 9.90 Å². The minimum absolute atomic E-state index is 0. The molecule has 2 unspecified atom stereocenters. The summed E-state index contributed by atoms with van der Waals surface area (Å²) in [7, 11) is 0. The second-order valence-corrected chi connectivity index (χ2v) is 5.84. The maximum atomic E-state index is 12.4. The zero-order valence-electron chi connectivity index (χ0n) is 13.0. The molecule has 0 saturated carbocycles. The fraction of sp³-hybridized carbons (Fsp3) is 0.929.